The van der Waals surface area contributed by atoms with E-state index in [1.165, 1.54) is 0 Å². The number of nitrogens with zero attached hydrogens (tertiary/aromatic N) is 1. The van der Waals surface area contributed by atoms with Gasteiger partial charge in [-0.25, -0.2) is 0 Å². The number of aromatic nitrogens is 1. The molecule has 1 heterocycles. The largest absolute Gasteiger partial charge is 0.462 e. The molecule has 0 N–H and O–H groups in total. The maximum Gasteiger partial charge on any atom is 0.326 e. The minimum atomic E-state index is -0.250. The van der Waals surface area contributed by atoms with Crippen LogP contribution in [0.3, 0.4) is 0 Å². The number of carbonyl (C=O) groups excluding carboxylic acids is 1. The molecule has 2 aromatic rings. The second-order valence-corrected chi connectivity index (χ2v) is 4.98. The maximum absolute atomic E-state index is 11.7. The number of hydrogen-bond acceptors (Lipinski definition) is 3. The molecule has 0 atom stereocenters. The molecule has 0 amide bonds. The van der Waals surface area contributed by atoms with Crippen molar-refractivity contribution in [2.24, 2.45) is 0 Å². The number of rotatable bonds is 6. The predicted octanol–water partition coefficient (Wildman–Crippen LogP) is 2.98. The Morgan fingerprint density at radius 2 is 2.16 bits per heavy atom. The fraction of sp³-hybridized carbons (Fsp3) is 0.357. The molecule has 4 nitrogen and oxygen atoms in total. The SMILES string of the molecule is CCOCCOC(=O)Cn1ccc2cc(Br)ccc21. The van der Waals surface area contributed by atoms with Crippen molar-refractivity contribution in [2.45, 2.75) is 13.5 Å². The Morgan fingerprint density at radius 3 is 2.95 bits per heavy atom. The number of esters is 1. The van der Waals surface area contributed by atoms with Crippen molar-refractivity contribution >= 4 is 32.8 Å². The summed E-state index contributed by atoms with van der Waals surface area (Å²) in [6.45, 7) is 3.51. The van der Waals surface area contributed by atoms with Crippen molar-refractivity contribution in [3.63, 3.8) is 0 Å². The third-order valence-corrected chi connectivity index (χ3v) is 3.22. The minimum absolute atomic E-state index is 0.220. The highest BCUT2D eigenvalue weighted by Crippen LogP contribution is 2.20. The standard InChI is InChI=1S/C14H16BrNO3/c1-2-18-7-8-19-14(17)10-16-6-5-11-9-12(15)3-4-13(11)16/h3-6,9H,2,7-8,10H2,1H3. The van der Waals surface area contributed by atoms with Gasteiger partial charge in [-0.2, -0.15) is 0 Å². The summed E-state index contributed by atoms with van der Waals surface area (Å²) in [5.41, 5.74) is 1.02. The Balaban J connectivity index is 1.95. The Hall–Kier alpha value is -1.33. The second kappa shape index (κ2) is 6.73. The van der Waals surface area contributed by atoms with Crippen LogP contribution in [0.5, 0.6) is 0 Å². The van der Waals surface area contributed by atoms with Gasteiger partial charge in [0.1, 0.15) is 13.2 Å². The highest BCUT2D eigenvalue weighted by Gasteiger charge is 2.07. The number of carbonyl (C=O) groups is 1. The monoisotopic (exact) mass is 325 g/mol. The molecule has 2 rings (SSSR count). The average molecular weight is 326 g/mol. The minimum Gasteiger partial charge on any atom is -0.462 e. The van der Waals surface area contributed by atoms with Gasteiger partial charge in [-0.15, -0.1) is 0 Å². The first kappa shape index (κ1) is 14.1. The van der Waals surface area contributed by atoms with Gasteiger partial charge in [0.2, 0.25) is 0 Å². The van der Waals surface area contributed by atoms with Gasteiger partial charge in [0, 0.05) is 28.2 Å². The Kier molecular flexibility index (Phi) is 4.99. The molecular weight excluding hydrogens is 310 g/mol. The fourth-order valence-corrected chi connectivity index (χ4v) is 2.23. The molecule has 0 spiro atoms. The van der Waals surface area contributed by atoms with Gasteiger partial charge in [-0.05, 0) is 31.2 Å². The molecule has 0 radical (unpaired) electrons. The van der Waals surface area contributed by atoms with Crippen LogP contribution in [0.15, 0.2) is 34.9 Å². The van der Waals surface area contributed by atoms with Gasteiger partial charge in [0.05, 0.1) is 6.61 Å². The van der Waals surface area contributed by atoms with Crippen LogP contribution in [-0.2, 0) is 20.8 Å². The Bertz CT molecular complexity index is 565. The van der Waals surface area contributed by atoms with Gasteiger partial charge in [0.15, 0.2) is 0 Å². The van der Waals surface area contributed by atoms with E-state index in [-0.39, 0.29) is 12.5 Å². The third-order valence-electron chi connectivity index (χ3n) is 2.73. The van der Waals surface area contributed by atoms with Crippen molar-refractivity contribution in [2.75, 3.05) is 19.8 Å². The third kappa shape index (κ3) is 3.81. The number of benzene rings is 1. The van der Waals surface area contributed by atoms with Crippen LogP contribution < -0.4 is 0 Å². The quantitative estimate of drug-likeness (QED) is 0.605. The van der Waals surface area contributed by atoms with Gasteiger partial charge in [-0.3, -0.25) is 4.79 Å². The van der Waals surface area contributed by atoms with Crippen LogP contribution in [0, 0.1) is 0 Å². The van der Waals surface area contributed by atoms with Gasteiger partial charge in [-0.1, -0.05) is 15.9 Å². The van der Waals surface area contributed by atoms with E-state index in [2.05, 4.69) is 15.9 Å². The summed E-state index contributed by atoms with van der Waals surface area (Å²) >= 11 is 3.43. The van der Waals surface area contributed by atoms with E-state index < -0.39 is 0 Å². The number of fused-ring (bicyclic) bond motifs is 1. The average Bonchev–Trinajstić information content (AvgIpc) is 2.77. The summed E-state index contributed by atoms with van der Waals surface area (Å²) in [6, 6.07) is 7.94. The molecule has 0 saturated carbocycles. The highest BCUT2D eigenvalue weighted by molar-refractivity contribution is 9.10. The lowest BCUT2D eigenvalue weighted by Crippen LogP contribution is -2.15. The molecule has 0 unspecified atom stereocenters. The van der Waals surface area contributed by atoms with E-state index in [0.29, 0.717) is 19.8 Å². The second-order valence-electron chi connectivity index (χ2n) is 4.06. The van der Waals surface area contributed by atoms with Crippen molar-refractivity contribution < 1.29 is 14.3 Å². The molecule has 5 heteroatoms. The van der Waals surface area contributed by atoms with Crippen molar-refractivity contribution in [1.29, 1.82) is 0 Å². The first-order valence-corrected chi connectivity index (χ1v) is 6.97. The molecule has 0 aliphatic carbocycles. The molecule has 0 aliphatic rings. The van der Waals surface area contributed by atoms with Gasteiger partial charge >= 0.3 is 5.97 Å². The summed E-state index contributed by atoms with van der Waals surface area (Å²) in [5, 5.41) is 1.09. The van der Waals surface area contributed by atoms with Crippen LogP contribution in [0.1, 0.15) is 6.92 Å². The van der Waals surface area contributed by atoms with E-state index in [1.54, 1.807) is 0 Å². The normalized spacial score (nSPS) is 10.8. The predicted molar refractivity (Wildman–Crippen MR) is 77.1 cm³/mol. The van der Waals surface area contributed by atoms with Crippen LogP contribution in [0.4, 0.5) is 0 Å². The van der Waals surface area contributed by atoms with Crippen LogP contribution in [0.2, 0.25) is 0 Å². The molecule has 19 heavy (non-hydrogen) atoms. The van der Waals surface area contributed by atoms with Crippen LogP contribution >= 0.6 is 15.9 Å². The Morgan fingerprint density at radius 1 is 1.32 bits per heavy atom. The molecule has 1 aromatic heterocycles. The zero-order valence-corrected chi connectivity index (χ0v) is 12.4. The lowest BCUT2D eigenvalue weighted by atomic mass is 10.2. The van der Waals surface area contributed by atoms with Crippen molar-refractivity contribution in [3.05, 3.63) is 34.9 Å². The molecule has 0 saturated heterocycles. The number of halogens is 1. The van der Waals surface area contributed by atoms with Crippen molar-refractivity contribution in [1.82, 2.24) is 4.57 Å². The summed E-state index contributed by atoms with van der Waals surface area (Å²) in [7, 11) is 0. The topological polar surface area (TPSA) is 40.5 Å². The van der Waals surface area contributed by atoms with E-state index in [1.807, 2.05) is 42.0 Å². The summed E-state index contributed by atoms with van der Waals surface area (Å²) in [6.07, 6.45) is 1.89. The fourth-order valence-electron chi connectivity index (χ4n) is 1.85. The Labute approximate surface area is 120 Å². The lowest BCUT2D eigenvalue weighted by Gasteiger charge is -2.07. The summed E-state index contributed by atoms with van der Waals surface area (Å²) in [4.78, 5) is 11.7. The summed E-state index contributed by atoms with van der Waals surface area (Å²) < 4.78 is 13.1. The van der Waals surface area contributed by atoms with Gasteiger partial charge in [0.25, 0.3) is 0 Å². The van der Waals surface area contributed by atoms with E-state index >= 15 is 0 Å². The zero-order valence-electron chi connectivity index (χ0n) is 10.8. The summed E-state index contributed by atoms with van der Waals surface area (Å²) in [5.74, 6) is -0.250. The number of hydrogen-bond donors (Lipinski definition) is 0. The lowest BCUT2D eigenvalue weighted by molar-refractivity contribution is -0.145. The molecule has 102 valence electrons. The molecule has 1 aromatic carbocycles. The van der Waals surface area contributed by atoms with Crippen molar-refractivity contribution in [3.8, 4) is 0 Å². The van der Waals surface area contributed by atoms with Crippen LogP contribution in [0.25, 0.3) is 10.9 Å². The number of ether oxygens (including phenoxy) is 2. The molecule has 0 aliphatic heterocycles. The first-order valence-electron chi connectivity index (χ1n) is 6.18. The highest BCUT2D eigenvalue weighted by atomic mass is 79.9. The van der Waals surface area contributed by atoms with E-state index in [9.17, 15) is 4.79 Å². The smallest absolute Gasteiger partial charge is 0.326 e. The molecule has 0 bridgehead atoms. The molecular formula is C14H16BrNO3. The van der Waals surface area contributed by atoms with E-state index in [0.717, 1.165) is 15.4 Å². The first-order chi connectivity index (χ1) is 9.20. The zero-order chi connectivity index (χ0) is 13.7. The van der Waals surface area contributed by atoms with Crippen LogP contribution in [-0.4, -0.2) is 30.4 Å². The van der Waals surface area contributed by atoms with Gasteiger partial charge < -0.3 is 14.0 Å². The van der Waals surface area contributed by atoms with E-state index in [4.69, 9.17) is 9.47 Å². The molecule has 0 fully saturated rings. The maximum atomic E-state index is 11.7.